The number of nitrogens with one attached hydrogen (secondary N) is 2. The van der Waals surface area contributed by atoms with Crippen molar-refractivity contribution in [1.29, 1.82) is 0 Å². The summed E-state index contributed by atoms with van der Waals surface area (Å²) in [5.74, 6) is -2.44. The molecular weight excluding hydrogens is 290 g/mol. The lowest BCUT2D eigenvalue weighted by Gasteiger charge is -2.10. The van der Waals surface area contributed by atoms with Crippen molar-refractivity contribution < 1.29 is 18.4 Å². The number of carbonyl (C=O) groups excluding carboxylic acids is 2. The predicted molar refractivity (Wildman–Crippen MR) is 79.8 cm³/mol. The molecule has 114 valence electrons. The number of halogens is 2. The minimum Gasteiger partial charge on any atom is -0.326 e. The monoisotopic (exact) mass is 304 g/mol. The standard InChI is InChI=1S/C16H14F2N2O2/c1-9-7-12(4-6-15(9)19-10(2)21)20-16(22)13-8-11(17)3-5-14(13)18/h3-8H,1-2H3,(H,19,21)(H,20,22). The van der Waals surface area contributed by atoms with E-state index in [1.807, 2.05) is 0 Å². The number of benzene rings is 2. The molecule has 0 heterocycles. The lowest BCUT2D eigenvalue weighted by atomic mass is 10.1. The van der Waals surface area contributed by atoms with E-state index in [0.29, 0.717) is 11.4 Å². The molecule has 0 saturated heterocycles. The van der Waals surface area contributed by atoms with E-state index in [0.717, 1.165) is 23.8 Å². The molecule has 2 N–H and O–H groups in total. The molecule has 0 atom stereocenters. The summed E-state index contributed by atoms with van der Waals surface area (Å²) in [6.45, 7) is 3.14. The number of hydrogen-bond acceptors (Lipinski definition) is 2. The van der Waals surface area contributed by atoms with Crippen LogP contribution in [0.2, 0.25) is 0 Å². The Morgan fingerprint density at radius 2 is 1.73 bits per heavy atom. The van der Waals surface area contributed by atoms with Crippen molar-refractivity contribution in [1.82, 2.24) is 0 Å². The number of amides is 2. The first-order valence-electron chi connectivity index (χ1n) is 6.51. The minimum atomic E-state index is -0.800. The molecule has 22 heavy (non-hydrogen) atoms. The molecule has 0 aliphatic heterocycles. The molecule has 0 saturated carbocycles. The highest BCUT2D eigenvalue weighted by Gasteiger charge is 2.13. The summed E-state index contributed by atoms with van der Waals surface area (Å²) in [5.41, 5.74) is 1.39. The quantitative estimate of drug-likeness (QED) is 0.912. The summed E-state index contributed by atoms with van der Waals surface area (Å²) in [6.07, 6.45) is 0. The fourth-order valence-corrected chi connectivity index (χ4v) is 1.94. The second-order valence-corrected chi connectivity index (χ2v) is 4.79. The number of aryl methyl sites for hydroxylation is 1. The van der Waals surface area contributed by atoms with Gasteiger partial charge in [0.2, 0.25) is 5.91 Å². The maximum absolute atomic E-state index is 13.5. The average molecular weight is 304 g/mol. The van der Waals surface area contributed by atoms with Gasteiger partial charge in [-0.25, -0.2) is 8.78 Å². The van der Waals surface area contributed by atoms with Crippen molar-refractivity contribution in [2.24, 2.45) is 0 Å². The summed E-state index contributed by atoms with van der Waals surface area (Å²) < 4.78 is 26.6. The van der Waals surface area contributed by atoms with Crippen molar-refractivity contribution >= 4 is 23.2 Å². The zero-order chi connectivity index (χ0) is 16.3. The topological polar surface area (TPSA) is 58.2 Å². The largest absolute Gasteiger partial charge is 0.326 e. The molecule has 0 radical (unpaired) electrons. The lowest BCUT2D eigenvalue weighted by Crippen LogP contribution is -2.14. The van der Waals surface area contributed by atoms with E-state index in [4.69, 9.17) is 0 Å². The van der Waals surface area contributed by atoms with E-state index >= 15 is 0 Å². The normalized spacial score (nSPS) is 10.2. The lowest BCUT2D eigenvalue weighted by molar-refractivity contribution is -0.114. The van der Waals surface area contributed by atoms with Crippen LogP contribution in [-0.2, 0) is 4.79 Å². The summed E-state index contributed by atoms with van der Waals surface area (Å²) in [4.78, 5) is 23.0. The maximum atomic E-state index is 13.5. The molecule has 0 aliphatic carbocycles. The Morgan fingerprint density at radius 3 is 2.36 bits per heavy atom. The van der Waals surface area contributed by atoms with Gasteiger partial charge in [-0.05, 0) is 48.9 Å². The van der Waals surface area contributed by atoms with Gasteiger partial charge in [0.05, 0.1) is 5.56 Å². The molecule has 2 aromatic carbocycles. The first-order chi connectivity index (χ1) is 10.4. The van der Waals surface area contributed by atoms with Gasteiger partial charge in [0.25, 0.3) is 5.91 Å². The molecular formula is C16H14F2N2O2. The number of hydrogen-bond donors (Lipinski definition) is 2. The third-order valence-electron chi connectivity index (χ3n) is 2.97. The summed E-state index contributed by atoms with van der Waals surface area (Å²) in [6, 6.07) is 7.49. The van der Waals surface area contributed by atoms with Gasteiger partial charge in [-0.1, -0.05) is 0 Å². The van der Waals surface area contributed by atoms with Crippen LogP contribution in [0.15, 0.2) is 36.4 Å². The molecule has 2 rings (SSSR count). The van der Waals surface area contributed by atoms with E-state index in [1.165, 1.54) is 6.92 Å². The fraction of sp³-hybridized carbons (Fsp3) is 0.125. The van der Waals surface area contributed by atoms with E-state index in [9.17, 15) is 18.4 Å². The van der Waals surface area contributed by atoms with Gasteiger partial charge in [-0.2, -0.15) is 0 Å². The Bertz CT molecular complexity index is 745. The molecule has 0 unspecified atom stereocenters. The smallest absolute Gasteiger partial charge is 0.258 e. The summed E-state index contributed by atoms with van der Waals surface area (Å²) in [5, 5.41) is 5.13. The van der Waals surface area contributed by atoms with Crippen LogP contribution in [0.4, 0.5) is 20.2 Å². The number of anilines is 2. The molecule has 0 aromatic heterocycles. The Hall–Kier alpha value is -2.76. The third-order valence-corrected chi connectivity index (χ3v) is 2.97. The van der Waals surface area contributed by atoms with Crippen molar-refractivity contribution in [3.05, 3.63) is 59.2 Å². The Labute approximate surface area is 126 Å². The zero-order valence-electron chi connectivity index (χ0n) is 12.0. The van der Waals surface area contributed by atoms with Gasteiger partial charge in [0.1, 0.15) is 11.6 Å². The fourth-order valence-electron chi connectivity index (χ4n) is 1.94. The van der Waals surface area contributed by atoms with E-state index in [2.05, 4.69) is 10.6 Å². The maximum Gasteiger partial charge on any atom is 0.258 e. The minimum absolute atomic E-state index is 0.207. The highest BCUT2D eigenvalue weighted by Crippen LogP contribution is 2.21. The molecule has 2 amide bonds. The van der Waals surface area contributed by atoms with Crippen LogP contribution in [0, 0.1) is 18.6 Å². The van der Waals surface area contributed by atoms with Crippen LogP contribution in [0.25, 0.3) is 0 Å². The van der Waals surface area contributed by atoms with E-state index in [1.54, 1.807) is 25.1 Å². The van der Waals surface area contributed by atoms with Gasteiger partial charge in [-0.3, -0.25) is 9.59 Å². The van der Waals surface area contributed by atoms with Crippen molar-refractivity contribution in [3.63, 3.8) is 0 Å². The first-order valence-corrected chi connectivity index (χ1v) is 6.51. The Kier molecular flexibility index (Phi) is 4.50. The number of carbonyl (C=O) groups is 2. The Balaban J connectivity index is 2.20. The van der Waals surface area contributed by atoms with Gasteiger partial charge < -0.3 is 10.6 Å². The second-order valence-electron chi connectivity index (χ2n) is 4.79. The van der Waals surface area contributed by atoms with Crippen LogP contribution in [0.3, 0.4) is 0 Å². The molecule has 0 spiro atoms. The van der Waals surface area contributed by atoms with Crippen molar-refractivity contribution in [3.8, 4) is 0 Å². The van der Waals surface area contributed by atoms with Gasteiger partial charge in [0, 0.05) is 18.3 Å². The zero-order valence-corrected chi connectivity index (χ0v) is 12.0. The van der Waals surface area contributed by atoms with Crippen molar-refractivity contribution in [2.45, 2.75) is 13.8 Å². The van der Waals surface area contributed by atoms with E-state index in [-0.39, 0.29) is 11.5 Å². The molecule has 4 nitrogen and oxygen atoms in total. The SMILES string of the molecule is CC(=O)Nc1ccc(NC(=O)c2cc(F)ccc2F)cc1C. The van der Waals surface area contributed by atoms with Crippen molar-refractivity contribution in [2.75, 3.05) is 10.6 Å². The van der Waals surface area contributed by atoms with E-state index < -0.39 is 17.5 Å². The Morgan fingerprint density at radius 1 is 1.00 bits per heavy atom. The molecule has 0 fully saturated rings. The molecule has 0 bridgehead atoms. The van der Waals surface area contributed by atoms with Gasteiger partial charge in [-0.15, -0.1) is 0 Å². The summed E-state index contributed by atoms with van der Waals surface area (Å²) >= 11 is 0. The highest BCUT2D eigenvalue weighted by molar-refractivity contribution is 6.04. The summed E-state index contributed by atoms with van der Waals surface area (Å²) in [7, 11) is 0. The van der Waals surface area contributed by atoms with Crippen LogP contribution < -0.4 is 10.6 Å². The van der Waals surface area contributed by atoms with Gasteiger partial charge >= 0.3 is 0 Å². The highest BCUT2D eigenvalue weighted by atomic mass is 19.1. The predicted octanol–water partition coefficient (Wildman–Crippen LogP) is 3.48. The molecule has 0 aliphatic rings. The van der Waals surface area contributed by atoms with Crippen LogP contribution in [0.1, 0.15) is 22.8 Å². The average Bonchev–Trinajstić information content (AvgIpc) is 2.44. The molecule has 2 aromatic rings. The third kappa shape index (κ3) is 3.66. The van der Waals surface area contributed by atoms with Crippen LogP contribution >= 0.6 is 0 Å². The van der Waals surface area contributed by atoms with Crippen LogP contribution in [-0.4, -0.2) is 11.8 Å². The molecule has 6 heteroatoms. The van der Waals surface area contributed by atoms with Crippen LogP contribution in [0.5, 0.6) is 0 Å². The number of rotatable bonds is 3. The van der Waals surface area contributed by atoms with Gasteiger partial charge in [0.15, 0.2) is 0 Å². The first kappa shape index (κ1) is 15.6. The second kappa shape index (κ2) is 6.34.